The monoisotopic (exact) mass is 323 g/mol. The molecule has 0 spiro atoms. The lowest BCUT2D eigenvalue weighted by molar-refractivity contribution is -0.742. The Morgan fingerprint density at radius 2 is 1.89 bits per heavy atom. The van der Waals surface area contributed by atoms with Crippen LogP contribution in [0.3, 0.4) is 0 Å². The van der Waals surface area contributed by atoms with Crippen LogP contribution in [-0.2, 0) is 6.54 Å². The topological polar surface area (TPSA) is 12.1 Å². The van der Waals surface area contributed by atoms with Gasteiger partial charge in [0.05, 0.1) is 0 Å². The molecule has 1 unspecified atom stereocenters. The average Bonchev–Trinajstić information content (AvgIpc) is 2.79. The van der Waals surface area contributed by atoms with Crippen molar-refractivity contribution in [3.8, 4) is 0 Å². The van der Waals surface area contributed by atoms with E-state index >= 15 is 0 Å². The lowest BCUT2D eigenvalue weighted by atomic mass is 10.2. The van der Waals surface area contributed by atoms with Crippen LogP contribution in [0.5, 0.6) is 0 Å². The van der Waals surface area contributed by atoms with E-state index in [2.05, 4.69) is 84.1 Å². The summed E-state index contributed by atoms with van der Waals surface area (Å²) in [5.74, 6) is 0. The van der Waals surface area contributed by atoms with Crippen molar-refractivity contribution in [3.63, 3.8) is 0 Å². The lowest BCUT2D eigenvalue weighted by Crippen LogP contribution is -3.00. The Labute approximate surface area is 126 Å². The summed E-state index contributed by atoms with van der Waals surface area (Å²) in [6, 6.07) is 10.5. The van der Waals surface area contributed by atoms with E-state index in [1.165, 1.54) is 5.56 Å². The lowest BCUT2D eigenvalue weighted by Gasteiger charge is -2.18. The number of imidazole rings is 1. The van der Waals surface area contributed by atoms with Crippen LogP contribution in [0.25, 0.3) is 0 Å². The molecule has 0 bridgehead atoms. The highest BCUT2D eigenvalue weighted by Gasteiger charge is 2.16. The normalized spacial score (nSPS) is 12.2. The number of rotatable bonds is 5. The summed E-state index contributed by atoms with van der Waals surface area (Å²) in [5.41, 5.74) is 1.33. The molecule has 4 heteroatoms. The zero-order valence-corrected chi connectivity index (χ0v) is 13.4. The van der Waals surface area contributed by atoms with Crippen molar-refractivity contribution in [2.24, 2.45) is 0 Å². The highest BCUT2D eigenvalue weighted by molar-refractivity contribution is 5.14. The third-order valence-electron chi connectivity index (χ3n) is 3.23. The number of nitrogens with zero attached hydrogens (tertiary/aromatic N) is 3. The van der Waals surface area contributed by atoms with Crippen LogP contribution in [-0.4, -0.2) is 23.6 Å². The second-order valence-electron chi connectivity index (χ2n) is 4.87. The van der Waals surface area contributed by atoms with Gasteiger partial charge >= 0.3 is 0 Å². The molecule has 1 aromatic heterocycles. The number of hydrogen-bond acceptors (Lipinski definition) is 1. The van der Waals surface area contributed by atoms with Crippen LogP contribution >= 0.6 is 0 Å². The Morgan fingerprint density at radius 3 is 2.47 bits per heavy atom. The van der Waals surface area contributed by atoms with Gasteiger partial charge in [0.25, 0.3) is 0 Å². The molecular formula is C15H22BrN3. The van der Waals surface area contributed by atoms with E-state index in [4.69, 9.17) is 0 Å². The summed E-state index contributed by atoms with van der Waals surface area (Å²) >= 11 is 0. The molecule has 0 fully saturated rings. The third kappa shape index (κ3) is 4.18. The maximum absolute atomic E-state index is 2.27. The van der Waals surface area contributed by atoms with E-state index in [-0.39, 0.29) is 17.0 Å². The van der Waals surface area contributed by atoms with E-state index in [1.807, 2.05) is 0 Å². The van der Waals surface area contributed by atoms with Crippen LogP contribution < -0.4 is 21.5 Å². The van der Waals surface area contributed by atoms with Crippen molar-refractivity contribution in [1.29, 1.82) is 0 Å². The summed E-state index contributed by atoms with van der Waals surface area (Å²) in [6.07, 6.45) is 8.01. The highest BCUT2D eigenvalue weighted by atomic mass is 79.9. The van der Waals surface area contributed by atoms with Crippen LogP contribution in [0.4, 0.5) is 0 Å². The Bertz CT molecular complexity index is 479. The minimum absolute atomic E-state index is 0. The highest BCUT2D eigenvalue weighted by Crippen LogP contribution is 2.06. The molecule has 0 N–H and O–H groups in total. The van der Waals surface area contributed by atoms with Gasteiger partial charge in [-0.25, -0.2) is 9.13 Å². The van der Waals surface area contributed by atoms with Gasteiger partial charge in [-0.3, -0.25) is 4.90 Å². The maximum Gasteiger partial charge on any atom is 0.245 e. The summed E-state index contributed by atoms with van der Waals surface area (Å²) in [5, 5.41) is 0. The number of halogens is 1. The third-order valence-corrected chi connectivity index (χ3v) is 3.23. The summed E-state index contributed by atoms with van der Waals surface area (Å²) in [7, 11) is 4.24. The molecule has 0 amide bonds. The number of aromatic nitrogens is 2. The summed E-state index contributed by atoms with van der Waals surface area (Å²) in [4.78, 5) is 2.24. The van der Waals surface area contributed by atoms with Crippen LogP contribution in [0.15, 0.2) is 49.1 Å². The molecule has 0 aliphatic rings. The predicted molar refractivity (Wildman–Crippen MR) is 73.2 cm³/mol. The van der Waals surface area contributed by atoms with Crippen molar-refractivity contribution in [2.45, 2.75) is 26.1 Å². The molecule has 3 nitrogen and oxygen atoms in total. The Balaban J connectivity index is 0.00000180. The van der Waals surface area contributed by atoms with Gasteiger partial charge < -0.3 is 17.0 Å². The molecule has 19 heavy (non-hydrogen) atoms. The standard InChI is InChI=1S/C15H22N3.BrH/c1-4-15(16(2)3)18-11-10-17(13-18)12-14-8-6-5-7-9-14;/h5-11,13,15H,4,12H2,1-3H3;1H/q+1;/p-1. The molecule has 0 saturated heterocycles. The minimum Gasteiger partial charge on any atom is -1.00 e. The molecule has 104 valence electrons. The van der Waals surface area contributed by atoms with E-state index in [0.717, 1.165) is 13.0 Å². The first kappa shape index (κ1) is 15.9. The average molecular weight is 324 g/mol. The van der Waals surface area contributed by atoms with Gasteiger partial charge in [-0.15, -0.1) is 0 Å². The van der Waals surface area contributed by atoms with E-state index < -0.39 is 0 Å². The molecule has 1 aromatic carbocycles. The summed E-state index contributed by atoms with van der Waals surface area (Å²) < 4.78 is 4.49. The van der Waals surface area contributed by atoms with Crippen molar-refractivity contribution >= 4 is 0 Å². The molecule has 0 radical (unpaired) electrons. The smallest absolute Gasteiger partial charge is 0.245 e. The molecule has 0 saturated carbocycles. The fraction of sp³-hybridized carbons (Fsp3) is 0.400. The number of benzene rings is 1. The fourth-order valence-corrected chi connectivity index (χ4v) is 2.32. The molecule has 0 aliphatic carbocycles. The molecule has 1 atom stereocenters. The van der Waals surface area contributed by atoms with Gasteiger partial charge in [0.2, 0.25) is 6.33 Å². The molecule has 0 aliphatic heterocycles. The molecular weight excluding hydrogens is 302 g/mol. The van der Waals surface area contributed by atoms with Crippen molar-refractivity contribution < 1.29 is 21.5 Å². The largest absolute Gasteiger partial charge is 1.00 e. The first-order valence-corrected chi connectivity index (χ1v) is 6.47. The van der Waals surface area contributed by atoms with E-state index in [0.29, 0.717) is 6.17 Å². The molecule has 1 heterocycles. The SMILES string of the molecule is CCC(N(C)C)[n+]1ccn(Cc2ccccc2)c1.[Br-]. The fourth-order valence-electron chi connectivity index (χ4n) is 2.32. The maximum atomic E-state index is 2.27. The van der Waals surface area contributed by atoms with Gasteiger partial charge in [0.1, 0.15) is 18.9 Å². The Hall–Kier alpha value is -1.13. The second kappa shape index (κ2) is 7.46. The Kier molecular flexibility index (Phi) is 6.25. The second-order valence-corrected chi connectivity index (χ2v) is 4.87. The van der Waals surface area contributed by atoms with Gasteiger partial charge in [-0.2, -0.15) is 0 Å². The van der Waals surface area contributed by atoms with Crippen LogP contribution in [0.1, 0.15) is 25.1 Å². The predicted octanol–water partition coefficient (Wildman–Crippen LogP) is -0.702. The molecule has 2 rings (SSSR count). The summed E-state index contributed by atoms with van der Waals surface area (Å²) in [6.45, 7) is 3.14. The molecule has 2 aromatic rings. The first-order valence-electron chi connectivity index (χ1n) is 6.47. The van der Waals surface area contributed by atoms with E-state index in [9.17, 15) is 0 Å². The first-order chi connectivity index (χ1) is 8.70. The zero-order valence-electron chi connectivity index (χ0n) is 11.8. The minimum atomic E-state index is 0. The van der Waals surface area contributed by atoms with Gasteiger partial charge in [-0.1, -0.05) is 37.3 Å². The van der Waals surface area contributed by atoms with Crippen LogP contribution in [0.2, 0.25) is 0 Å². The zero-order chi connectivity index (χ0) is 13.0. The quantitative estimate of drug-likeness (QED) is 0.663. The van der Waals surface area contributed by atoms with Gasteiger partial charge in [0, 0.05) is 0 Å². The van der Waals surface area contributed by atoms with Crippen molar-refractivity contribution in [2.75, 3.05) is 14.1 Å². The van der Waals surface area contributed by atoms with Crippen molar-refractivity contribution in [3.05, 3.63) is 54.6 Å². The number of hydrogen-bond donors (Lipinski definition) is 0. The van der Waals surface area contributed by atoms with Gasteiger partial charge in [0.15, 0.2) is 6.17 Å². The van der Waals surface area contributed by atoms with Crippen LogP contribution in [0, 0.1) is 0 Å². The van der Waals surface area contributed by atoms with Crippen molar-refractivity contribution in [1.82, 2.24) is 9.47 Å². The Morgan fingerprint density at radius 1 is 1.21 bits per heavy atom. The van der Waals surface area contributed by atoms with E-state index in [1.54, 1.807) is 0 Å². The van der Waals surface area contributed by atoms with Gasteiger partial charge in [-0.05, 0) is 26.1 Å².